The van der Waals surface area contributed by atoms with Crippen molar-refractivity contribution < 1.29 is 17.7 Å². The molecule has 6 aromatic heterocycles. The van der Waals surface area contributed by atoms with E-state index in [9.17, 15) is 0 Å². The molecule has 0 aliphatic rings. The summed E-state index contributed by atoms with van der Waals surface area (Å²) in [7, 11) is 0. The highest BCUT2D eigenvalue weighted by molar-refractivity contribution is 6.17. The van der Waals surface area contributed by atoms with Crippen LogP contribution in [0, 0.1) is 0 Å². The first-order chi connectivity index (χ1) is 36.6. The molecule has 16 rings (SSSR count). The lowest BCUT2D eigenvalue weighted by molar-refractivity contribution is 0.668. The molecule has 10 aromatic carbocycles. The van der Waals surface area contributed by atoms with Crippen molar-refractivity contribution in [3.63, 3.8) is 0 Å². The summed E-state index contributed by atoms with van der Waals surface area (Å²) >= 11 is 0. The van der Waals surface area contributed by atoms with Gasteiger partial charge in [-0.15, -0.1) is 0 Å². The van der Waals surface area contributed by atoms with Gasteiger partial charge in [0.1, 0.15) is 44.7 Å². The van der Waals surface area contributed by atoms with Gasteiger partial charge in [-0.3, -0.25) is 0 Å². The fraction of sp³-hybridized carbons (Fsp3) is 0. The molecule has 6 heterocycles. The van der Waals surface area contributed by atoms with Crippen LogP contribution < -0.4 is 0 Å². The lowest BCUT2D eigenvalue weighted by Crippen LogP contribution is -2.00. The number of aromatic nitrogens is 5. The van der Waals surface area contributed by atoms with Crippen LogP contribution in [0.5, 0.6) is 0 Å². The van der Waals surface area contributed by atoms with Gasteiger partial charge in [0, 0.05) is 76.3 Å². The summed E-state index contributed by atoms with van der Waals surface area (Å²) in [6, 6.07) is 71.6. The molecule has 0 spiro atoms. The Balaban J connectivity index is 0.860. The summed E-state index contributed by atoms with van der Waals surface area (Å²) in [6.45, 7) is 0. The second-order valence-electron chi connectivity index (χ2n) is 18.6. The van der Waals surface area contributed by atoms with E-state index in [2.05, 4.69) is 78.9 Å². The Morgan fingerprint density at radius 3 is 1.16 bits per heavy atom. The Morgan fingerprint density at radius 1 is 0.230 bits per heavy atom. The molecule has 0 atom stereocenters. The first-order valence-corrected chi connectivity index (χ1v) is 24.5. The van der Waals surface area contributed by atoms with Crippen molar-refractivity contribution in [1.29, 1.82) is 0 Å². The maximum absolute atomic E-state index is 6.61. The number of benzene rings is 10. The normalized spacial score (nSPS) is 12.1. The number of furan rings is 4. The Labute approximate surface area is 419 Å². The standard InChI is InChI=1S/C65H35N5O4/c1-2-14-36(15-3-1)62-68-64(43-20-11-27-54-58(43)41-18-6-9-25-50(41)72-54)70-65(69-62)45-22-13-29-56-60(45)47-35-38(31-33-52(47)74-56)37-30-32-51-46(34-37)59-44(21-12-28-55(59)73-51)63-66-48-23-7-4-16-39(48)61(67-63)42-19-10-26-53-57(42)40-17-5-8-24-49(40)71-53/h1-35H. The maximum atomic E-state index is 6.61. The van der Waals surface area contributed by atoms with E-state index in [-0.39, 0.29) is 0 Å². The van der Waals surface area contributed by atoms with Crippen LogP contribution in [0.15, 0.2) is 230 Å². The summed E-state index contributed by atoms with van der Waals surface area (Å²) in [5, 5.41) is 8.72. The van der Waals surface area contributed by atoms with Gasteiger partial charge in [0.2, 0.25) is 0 Å². The van der Waals surface area contributed by atoms with Crippen LogP contribution in [-0.4, -0.2) is 24.9 Å². The van der Waals surface area contributed by atoms with Gasteiger partial charge in [0.25, 0.3) is 0 Å². The quantitative estimate of drug-likeness (QED) is 0.161. The van der Waals surface area contributed by atoms with E-state index in [0.717, 1.165) is 143 Å². The largest absolute Gasteiger partial charge is 0.456 e. The third-order valence-electron chi connectivity index (χ3n) is 14.4. The predicted octanol–water partition coefficient (Wildman–Crippen LogP) is 17.4. The van der Waals surface area contributed by atoms with Gasteiger partial charge < -0.3 is 17.7 Å². The molecule has 0 fully saturated rings. The van der Waals surface area contributed by atoms with E-state index in [0.29, 0.717) is 23.3 Å². The van der Waals surface area contributed by atoms with Crippen LogP contribution in [0.1, 0.15) is 0 Å². The maximum Gasteiger partial charge on any atom is 0.164 e. The van der Waals surface area contributed by atoms with Crippen LogP contribution in [0.25, 0.3) is 167 Å². The lowest BCUT2D eigenvalue weighted by atomic mass is 9.98. The summed E-state index contributed by atoms with van der Waals surface area (Å²) in [4.78, 5) is 26.3. The van der Waals surface area contributed by atoms with Crippen molar-refractivity contribution in [2.75, 3.05) is 0 Å². The van der Waals surface area contributed by atoms with Gasteiger partial charge in [-0.1, -0.05) is 146 Å². The number of nitrogens with zero attached hydrogens (tertiary/aromatic N) is 5. The van der Waals surface area contributed by atoms with Crippen LogP contribution in [-0.2, 0) is 0 Å². The summed E-state index contributed by atoms with van der Waals surface area (Å²) in [5.41, 5.74) is 14.3. The van der Waals surface area contributed by atoms with Crippen molar-refractivity contribution in [2.45, 2.75) is 0 Å². The van der Waals surface area contributed by atoms with Gasteiger partial charge in [-0.05, 0) is 77.9 Å². The number of para-hydroxylation sites is 3. The number of hydrogen-bond donors (Lipinski definition) is 0. The second kappa shape index (κ2) is 15.6. The highest BCUT2D eigenvalue weighted by atomic mass is 16.3. The third kappa shape index (κ3) is 6.13. The Kier molecular flexibility index (Phi) is 8.55. The zero-order valence-electron chi connectivity index (χ0n) is 39.1. The van der Waals surface area contributed by atoms with Crippen molar-refractivity contribution in [1.82, 2.24) is 24.9 Å². The fourth-order valence-corrected chi connectivity index (χ4v) is 11.1. The SMILES string of the molecule is c1ccc(-c2nc(-c3cccc4oc5ccccc5c34)nc(-c3cccc4oc5ccc(-c6ccc7oc8cccc(-c9nc(-c%10cccc%11oc%12ccccc%12c%10%11)c%10ccccc%10n9)c8c7c6)cc5c34)n2)cc1. The molecule has 74 heavy (non-hydrogen) atoms. The number of rotatable bonds is 6. The molecular formula is C65H35N5O4. The van der Waals surface area contributed by atoms with Gasteiger partial charge in [-0.2, -0.15) is 0 Å². The van der Waals surface area contributed by atoms with Crippen LogP contribution in [0.4, 0.5) is 0 Å². The zero-order valence-corrected chi connectivity index (χ0v) is 39.1. The summed E-state index contributed by atoms with van der Waals surface area (Å²) in [6.07, 6.45) is 0. The number of fused-ring (bicyclic) bond motifs is 13. The lowest BCUT2D eigenvalue weighted by Gasteiger charge is -2.11. The molecule has 0 N–H and O–H groups in total. The molecular weight excluding hydrogens is 915 g/mol. The number of hydrogen-bond acceptors (Lipinski definition) is 9. The molecule has 16 aromatic rings. The smallest absolute Gasteiger partial charge is 0.164 e. The van der Waals surface area contributed by atoms with E-state index in [4.69, 9.17) is 42.6 Å². The van der Waals surface area contributed by atoms with E-state index >= 15 is 0 Å². The second-order valence-corrected chi connectivity index (χ2v) is 18.6. The van der Waals surface area contributed by atoms with Gasteiger partial charge in [-0.25, -0.2) is 24.9 Å². The molecule has 0 radical (unpaired) electrons. The molecule has 9 heteroatoms. The molecule has 0 bridgehead atoms. The molecule has 0 saturated carbocycles. The predicted molar refractivity (Wildman–Crippen MR) is 295 cm³/mol. The Hall–Kier alpha value is -10.3. The highest BCUT2D eigenvalue weighted by Crippen LogP contribution is 2.44. The Morgan fingerprint density at radius 2 is 0.622 bits per heavy atom. The minimum Gasteiger partial charge on any atom is -0.456 e. The molecule has 0 unspecified atom stereocenters. The van der Waals surface area contributed by atoms with E-state index in [1.165, 1.54) is 0 Å². The minimum atomic E-state index is 0.532. The Bertz CT molecular complexity index is 4990. The van der Waals surface area contributed by atoms with Crippen molar-refractivity contribution in [2.24, 2.45) is 0 Å². The van der Waals surface area contributed by atoms with Crippen LogP contribution in [0.2, 0.25) is 0 Å². The van der Waals surface area contributed by atoms with Crippen LogP contribution in [0.3, 0.4) is 0 Å². The monoisotopic (exact) mass is 949 g/mol. The van der Waals surface area contributed by atoms with Crippen molar-refractivity contribution >= 4 is 98.7 Å². The van der Waals surface area contributed by atoms with E-state index < -0.39 is 0 Å². The molecule has 0 aliphatic heterocycles. The molecule has 0 aliphatic carbocycles. The molecule has 0 saturated heterocycles. The summed E-state index contributed by atoms with van der Waals surface area (Å²) < 4.78 is 25.9. The topological polar surface area (TPSA) is 117 Å². The highest BCUT2D eigenvalue weighted by Gasteiger charge is 2.23. The van der Waals surface area contributed by atoms with E-state index in [1.54, 1.807) is 0 Å². The zero-order chi connectivity index (χ0) is 48.4. The van der Waals surface area contributed by atoms with Crippen molar-refractivity contribution in [3.05, 3.63) is 212 Å². The fourth-order valence-electron chi connectivity index (χ4n) is 11.1. The van der Waals surface area contributed by atoms with Gasteiger partial charge in [0.05, 0.1) is 11.2 Å². The average molecular weight is 950 g/mol. The van der Waals surface area contributed by atoms with Crippen molar-refractivity contribution in [3.8, 4) is 67.9 Å². The van der Waals surface area contributed by atoms with Gasteiger partial charge >= 0.3 is 0 Å². The third-order valence-corrected chi connectivity index (χ3v) is 14.4. The van der Waals surface area contributed by atoms with Gasteiger partial charge in [0.15, 0.2) is 23.3 Å². The average Bonchev–Trinajstić information content (AvgIpc) is 4.25. The summed E-state index contributed by atoms with van der Waals surface area (Å²) in [5.74, 6) is 2.25. The molecule has 344 valence electrons. The van der Waals surface area contributed by atoms with E-state index in [1.807, 2.05) is 133 Å². The molecule has 9 nitrogen and oxygen atoms in total. The minimum absolute atomic E-state index is 0.532. The first kappa shape index (κ1) is 40.5. The first-order valence-electron chi connectivity index (χ1n) is 24.5. The molecule has 0 amide bonds. The van der Waals surface area contributed by atoms with Crippen LogP contribution >= 0.6 is 0 Å².